The van der Waals surface area contributed by atoms with Gasteiger partial charge in [0.15, 0.2) is 0 Å². The summed E-state index contributed by atoms with van der Waals surface area (Å²) in [4.78, 5) is 12.6. The van der Waals surface area contributed by atoms with Crippen molar-refractivity contribution >= 4 is 22.5 Å². The van der Waals surface area contributed by atoms with Gasteiger partial charge >= 0.3 is 0 Å². The van der Waals surface area contributed by atoms with Crippen molar-refractivity contribution in [3.8, 4) is 0 Å². The number of hydrogen-bond acceptors (Lipinski definition) is 3. The number of anilines is 1. The normalized spacial score (nSPS) is 12.1. The third kappa shape index (κ3) is 2.99. The molecule has 0 atom stereocenters. The zero-order valence-electron chi connectivity index (χ0n) is 13.9. The molecule has 5 heteroatoms. The van der Waals surface area contributed by atoms with Gasteiger partial charge < -0.3 is 11.1 Å². The van der Waals surface area contributed by atoms with Crippen molar-refractivity contribution in [1.82, 2.24) is 9.78 Å². The highest BCUT2D eigenvalue weighted by molar-refractivity contribution is 5.97. The van der Waals surface area contributed by atoms with Gasteiger partial charge in [0.1, 0.15) is 0 Å². The first-order valence-corrected chi connectivity index (χ1v) is 7.96. The fourth-order valence-electron chi connectivity index (χ4n) is 2.60. The Bertz CT molecular complexity index is 647. The second kappa shape index (κ2) is 6.48. The first-order valence-electron chi connectivity index (χ1n) is 7.96. The molecule has 2 aromatic rings. The summed E-state index contributed by atoms with van der Waals surface area (Å²) in [5.41, 5.74) is 7.07. The SMILES string of the molecule is CCC(CC)(CN)C(=O)Nc1ccc2nn(C(C)C)cc2c1. The number of amides is 1. The molecule has 2 rings (SSSR count). The molecule has 120 valence electrons. The average molecular weight is 302 g/mol. The lowest BCUT2D eigenvalue weighted by Gasteiger charge is -2.28. The van der Waals surface area contributed by atoms with Crippen molar-refractivity contribution in [3.63, 3.8) is 0 Å². The van der Waals surface area contributed by atoms with E-state index < -0.39 is 5.41 Å². The van der Waals surface area contributed by atoms with E-state index in [-0.39, 0.29) is 5.91 Å². The van der Waals surface area contributed by atoms with Gasteiger partial charge in [-0.1, -0.05) is 13.8 Å². The minimum Gasteiger partial charge on any atom is -0.329 e. The first kappa shape index (κ1) is 16.5. The molecule has 0 saturated heterocycles. The number of fused-ring (bicyclic) bond motifs is 1. The molecular formula is C17H26N4O. The molecule has 5 nitrogen and oxygen atoms in total. The summed E-state index contributed by atoms with van der Waals surface area (Å²) >= 11 is 0. The van der Waals surface area contributed by atoms with Crippen LogP contribution in [-0.2, 0) is 4.79 Å². The van der Waals surface area contributed by atoms with E-state index in [0.29, 0.717) is 12.6 Å². The summed E-state index contributed by atoms with van der Waals surface area (Å²) in [6.07, 6.45) is 3.48. The highest BCUT2D eigenvalue weighted by atomic mass is 16.2. The third-order valence-electron chi connectivity index (χ3n) is 4.54. The summed E-state index contributed by atoms with van der Waals surface area (Å²) < 4.78 is 1.93. The Morgan fingerprint density at radius 3 is 2.59 bits per heavy atom. The van der Waals surface area contributed by atoms with Gasteiger partial charge in [-0.15, -0.1) is 0 Å². The molecule has 0 saturated carbocycles. The third-order valence-corrected chi connectivity index (χ3v) is 4.54. The van der Waals surface area contributed by atoms with Crippen molar-refractivity contribution in [2.24, 2.45) is 11.1 Å². The molecule has 0 aliphatic heterocycles. The monoisotopic (exact) mass is 302 g/mol. The molecule has 1 amide bonds. The number of rotatable bonds is 6. The van der Waals surface area contributed by atoms with Gasteiger partial charge in [-0.25, -0.2) is 0 Å². The number of aromatic nitrogens is 2. The Morgan fingerprint density at radius 2 is 2.05 bits per heavy atom. The Balaban J connectivity index is 2.26. The van der Waals surface area contributed by atoms with Crippen LogP contribution < -0.4 is 11.1 Å². The molecule has 22 heavy (non-hydrogen) atoms. The number of nitrogens with two attached hydrogens (primary N) is 1. The maximum absolute atomic E-state index is 12.6. The minimum absolute atomic E-state index is 0.00407. The van der Waals surface area contributed by atoms with Crippen LogP contribution in [0.5, 0.6) is 0 Å². The molecule has 0 spiro atoms. The topological polar surface area (TPSA) is 72.9 Å². The fourth-order valence-corrected chi connectivity index (χ4v) is 2.60. The van der Waals surface area contributed by atoms with Crippen LogP contribution >= 0.6 is 0 Å². The summed E-state index contributed by atoms with van der Waals surface area (Å²) in [6.45, 7) is 8.55. The van der Waals surface area contributed by atoms with Gasteiger partial charge in [-0.3, -0.25) is 9.48 Å². The first-order chi connectivity index (χ1) is 10.5. The smallest absolute Gasteiger partial charge is 0.231 e. The van der Waals surface area contributed by atoms with E-state index in [4.69, 9.17) is 5.73 Å². The lowest BCUT2D eigenvalue weighted by Crippen LogP contribution is -2.41. The second-order valence-corrected chi connectivity index (χ2v) is 6.12. The number of nitrogens with zero attached hydrogens (tertiary/aromatic N) is 2. The molecule has 0 radical (unpaired) electrons. The highest BCUT2D eigenvalue weighted by Crippen LogP contribution is 2.28. The van der Waals surface area contributed by atoms with E-state index in [0.717, 1.165) is 29.4 Å². The van der Waals surface area contributed by atoms with Gasteiger partial charge in [0.25, 0.3) is 0 Å². The largest absolute Gasteiger partial charge is 0.329 e. The standard InChI is InChI=1S/C17H26N4O/c1-5-17(6-2,11-18)16(22)19-14-7-8-15-13(9-14)10-21(20-15)12(3)4/h7-10,12H,5-6,11,18H2,1-4H3,(H,19,22). The van der Waals surface area contributed by atoms with Crippen molar-refractivity contribution in [2.75, 3.05) is 11.9 Å². The van der Waals surface area contributed by atoms with Gasteiger partial charge in [0, 0.05) is 29.9 Å². The van der Waals surface area contributed by atoms with Crippen molar-refractivity contribution in [2.45, 2.75) is 46.6 Å². The molecule has 0 bridgehead atoms. The fraction of sp³-hybridized carbons (Fsp3) is 0.529. The van der Waals surface area contributed by atoms with Crippen LogP contribution in [0.3, 0.4) is 0 Å². The van der Waals surface area contributed by atoms with Crippen LogP contribution in [-0.4, -0.2) is 22.2 Å². The average Bonchev–Trinajstić information content (AvgIpc) is 2.93. The molecular weight excluding hydrogens is 276 g/mol. The van der Waals surface area contributed by atoms with Crippen molar-refractivity contribution in [1.29, 1.82) is 0 Å². The van der Waals surface area contributed by atoms with Crippen molar-refractivity contribution < 1.29 is 4.79 Å². The summed E-state index contributed by atoms with van der Waals surface area (Å²) in [6, 6.07) is 6.11. The van der Waals surface area contributed by atoms with Gasteiger partial charge in [0.2, 0.25) is 5.91 Å². The number of benzene rings is 1. The molecule has 0 fully saturated rings. The summed E-state index contributed by atoms with van der Waals surface area (Å²) in [5.74, 6) is -0.00407. The maximum Gasteiger partial charge on any atom is 0.231 e. The van der Waals surface area contributed by atoms with Gasteiger partial charge in [-0.05, 0) is 44.9 Å². The molecule has 0 aliphatic carbocycles. The molecule has 0 unspecified atom stereocenters. The van der Waals surface area contributed by atoms with Gasteiger partial charge in [0.05, 0.1) is 10.9 Å². The van der Waals surface area contributed by atoms with E-state index in [1.165, 1.54) is 0 Å². The van der Waals surface area contributed by atoms with E-state index in [1.807, 2.05) is 42.9 Å². The van der Waals surface area contributed by atoms with E-state index in [2.05, 4.69) is 24.3 Å². The molecule has 3 N–H and O–H groups in total. The zero-order chi connectivity index (χ0) is 16.3. The summed E-state index contributed by atoms with van der Waals surface area (Å²) in [5, 5.41) is 8.55. The summed E-state index contributed by atoms with van der Waals surface area (Å²) in [7, 11) is 0. The number of carbonyl (C=O) groups is 1. The van der Waals surface area contributed by atoms with E-state index in [9.17, 15) is 4.79 Å². The number of carbonyl (C=O) groups excluding carboxylic acids is 1. The van der Waals surface area contributed by atoms with Crippen LogP contribution in [0.25, 0.3) is 10.9 Å². The zero-order valence-corrected chi connectivity index (χ0v) is 13.9. The predicted molar refractivity (Wildman–Crippen MR) is 90.8 cm³/mol. The Labute approximate surface area is 131 Å². The Hall–Kier alpha value is -1.88. The molecule has 1 heterocycles. The van der Waals surface area contributed by atoms with Crippen molar-refractivity contribution in [3.05, 3.63) is 24.4 Å². The quantitative estimate of drug-likeness (QED) is 0.859. The Morgan fingerprint density at radius 1 is 1.36 bits per heavy atom. The second-order valence-electron chi connectivity index (χ2n) is 6.12. The van der Waals surface area contributed by atoms with Crippen LogP contribution in [0.4, 0.5) is 5.69 Å². The van der Waals surface area contributed by atoms with Gasteiger partial charge in [-0.2, -0.15) is 5.10 Å². The molecule has 0 aliphatic rings. The molecule has 1 aromatic heterocycles. The molecule has 1 aromatic carbocycles. The van der Waals surface area contributed by atoms with E-state index in [1.54, 1.807) is 0 Å². The number of nitrogens with one attached hydrogen (secondary N) is 1. The van der Waals surface area contributed by atoms with Crippen LogP contribution in [0.2, 0.25) is 0 Å². The maximum atomic E-state index is 12.6. The lowest BCUT2D eigenvalue weighted by atomic mass is 9.81. The predicted octanol–water partition coefficient (Wildman–Crippen LogP) is 3.32. The van der Waals surface area contributed by atoms with E-state index >= 15 is 0 Å². The van der Waals surface area contributed by atoms with Crippen LogP contribution in [0.1, 0.15) is 46.6 Å². The van der Waals surface area contributed by atoms with Crippen LogP contribution in [0.15, 0.2) is 24.4 Å². The minimum atomic E-state index is -0.489. The number of hydrogen-bond donors (Lipinski definition) is 2. The van der Waals surface area contributed by atoms with Crippen LogP contribution in [0, 0.1) is 5.41 Å². The highest BCUT2D eigenvalue weighted by Gasteiger charge is 2.33. The lowest BCUT2D eigenvalue weighted by molar-refractivity contribution is -0.125. The Kier molecular flexibility index (Phi) is 4.86.